The zero-order valence-electron chi connectivity index (χ0n) is 10.5. The Morgan fingerprint density at radius 2 is 2.20 bits per heavy atom. The van der Waals surface area contributed by atoms with Gasteiger partial charge < -0.3 is 4.98 Å². The maximum absolute atomic E-state index is 12.0. The quantitative estimate of drug-likeness (QED) is 0.632. The summed E-state index contributed by atoms with van der Waals surface area (Å²) in [7, 11) is -3.82. The van der Waals surface area contributed by atoms with Crippen molar-refractivity contribution >= 4 is 15.7 Å². The van der Waals surface area contributed by atoms with E-state index in [0.29, 0.717) is 11.4 Å². The Bertz CT molecular complexity index is 725. The average molecular weight is 296 g/mol. The van der Waals surface area contributed by atoms with Crippen molar-refractivity contribution in [3.05, 3.63) is 52.1 Å². The second kappa shape index (κ2) is 5.39. The van der Waals surface area contributed by atoms with Crippen LogP contribution in [0.5, 0.6) is 0 Å². The van der Waals surface area contributed by atoms with Crippen LogP contribution in [0.2, 0.25) is 0 Å². The first-order valence-corrected chi connectivity index (χ1v) is 7.11. The molecule has 0 aliphatic carbocycles. The summed E-state index contributed by atoms with van der Waals surface area (Å²) in [6, 6.07) is 3.77. The Morgan fingerprint density at radius 3 is 2.80 bits per heavy atom. The van der Waals surface area contributed by atoms with Crippen molar-refractivity contribution in [3.8, 4) is 0 Å². The van der Waals surface area contributed by atoms with Crippen molar-refractivity contribution in [2.75, 3.05) is 0 Å². The summed E-state index contributed by atoms with van der Waals surface area (Å²) in [5, 5.41) is 10.8. The Balaban J connectivity index is 2.25. The fraction of sp³-hybridized carbons (Fsp3) is 0.182. The van der Waals surface area contributed by atoms with Gasteiger partial charge in [0, 0.05) is 24.0 Å². The van der Waals surface area contributed by atoms with E-state index in [1.807, 2.05) is 0 Å². The lowest BCUT2D eigenvalue weighted by Gasteiger charge is -2.06. The number of sulfonamides is 1. The summed E-state index contributed by atoms with van der Waals surface area (Å²) in [6.07, 6.45) is 3.07. The number of benzene rings is 1. The molecular formula is C11H12N4O4S. The molecular weight excluding hydrogens is 284 g/mol. The van der Waals surface area contributed by atoms with E-state index in [4.69, 9.17) is 0 Å². The first-order chi connectivity index (χ1) is 9.40. The highest BCUT2D eigenvalue weighted by atomic mass is 32.2. The molecule has 1 aromatic carbocycles. The van der Waals surface area contributed by atoms with Crippen LogP contribution in [0.25, 0.3) is 0 Å². The van der Waals surface area contributed by atoms with E-state index in [2.05, 4.69) is 14.7 Å². The highest BCUT2D eigenvalue weighted by molar-refractivity contribution is 7.89. The molecule has 0 saturated heterocycles. The van der Waals surface area contributed by atoms with Crippen molar-refractivity contribution < 1.29 is 13.3 Å². The van der Waals surface area contributed by atoms with Gasteiger partial charge in [0.1, 0.15) is 5.82 Å². The Morgan fingerprint density at radius 1 is 1.45 bits per heavy atom. The number of aromatic nitrogens is 2. The highest BCUT2D eigenvalue weighted by Gasteiger charge is 2.19. The first-order valence-electron chi connectivity index (χ1n) is 5.63. The molecule has 9 heteroatoms. The van der Waals surface area contributed by atoms with E-state index >= 15 is 0 Å². The van der Waals surface area contributed by atoms with E-state index in [9.17, 15) is 18.5 Å². The Hall–Kier alpha value is -2.26. The maximum Gasteiger partial charge on any atom is 0.273 e. The van der Waals surface area contributed by atoms with Gasteiger partial charge in [0.15, 0.2) is 0 Å². The summed E-state index contributed by atoms with van der Waals surface area (Å²) in [5.41, 5.74) is 0.172. The lowest BCUT2D eigenvalue weighted by atomic mass is 10.2. The van der Waals surface area contributed by atoms with Crippen molar-refractivity contribution in [2.24, 2.45) is 0 Å². The number of hydrogen-bond donors (Lipinski definition) is 2. The van der Waals surface area contributed by atoms with Gasteiger partial charge in [-0.2, -0.15) is 0 Å². The van der Waals surface area contributed by atoms with Crippen molar-refractivity contribution in [1.29, 1.82) is 0 Å². The van der Waals surface area contributed by atoms with Crippen LogP contribution in [0, 0.1) is 17.0 Å². The molecule has 0 bridgehead atoms. The minimum absolute atomic E-state index is 0.0169. The van der Waals surface area contributed by atoms with Gasteiger partial charge in [0.25, 0.3) is 5.69 Å². The zero-order valence-corrected chi connectivity index (χ0v) is 11.3. The van der Waals surface area contributed by atoms with Gasteiger partial charge in [-0.15, -0.1) is 0 Å². The molecule has 20 heavy (non-hydrogen) atoms. The van der Waals surface area contributed by atoms with Gasteiger partial charge in [-0.25, -0.2) is 18.1 Å². The van der Waals surface area contributed by atoms with Crippen molar-refractivity contribution in [3.63, 3.8) is 0 Å². The number of H-pyrrole nitrogens is 1. The molecule has 0 atom stereocenters. The molecule has 0 fully saturated rings. The fourth-order valence-electron chi connectivity index (χ4n) is 1.59. The lowest BCUT2D eigenvalue weighted by molar-refractivity contribution is -0.385. The largest absolute Gasteiger partial charge is 0.347 e. The SMILES string of the molecule is Cc1ccc(S(=O)(=O)NCc2ncc[nH]2)cc1[N+](=O)[O-]. The van der Waals surface area contributed by atoms with Gasteiger partial charge in [-0.3, -0.25) is 10.1 Å². The van der Waals surface area contributed by atoms with E-state index < -0.39 is 14.9 Å². The number of nitrogens with one attached hydrogen (secondary N) is 2. The Kier molecular flexibility index (Phi) is 3.81. The van der Waals surface area contributed by atoms with E-state index in [1.165, 1.54) is 18.3 Å². The number of aromatic amines is 1. The number of imidazole rings is 1. The van der Waals surface area contributed by atoms with Crippen LogP contribution >= 0.6 is 0 Å². The molecule has 0 amide bonds. The van der Waals surface area contributed by atoms with Crippen LogP contribution in [0.3, 0.4) is 0 Å². The summed E-state index contributed by atoms with van der Waals surface area (Å²) in [6.45, 7) is 1.53. The second-order valence-electron chi connectivity index (χ2n) is 4.07. The van der Waals surface area contributed by atoms with Crippen LogP contribution in [0.4, 0.5) is 5.69 Å². The molecule has 2 N–H and O–H groups in total. The molecule has 2 rings (SSSR count). The smallest absolute Gasteiger partial charge is 0.273 e. The van der Waals surface area contributed by atoms with Gasteiger partial charge in [0.05, 0.1) is 16.4 Å². The summed E-state index contributed by atoms with van der Waals surface area (Å²) < 4.78 is 26.4. The van der Waals surface area contributed by atoms with Crippen LogP contribution < -0.4 is 4.72 Å². The number of rotatable bonds is 5. The molecule has 0 unspecified atom stereocenters. The molecule has 1 heterocycles. The minimum Gasteiger partial charge on any atom is -0.347 e. The van der Waals surface area contributed by atoms with E-state index in [0.717, 1.165) is 6.07 Å². The standard InChI is InChI=1S/C11H12N4O4S/c1-8-2-3-9(6-10(8)15(16)17)20(18,19)14-7-11-12-4-5-13-11/h2-6,14H,7H2,1H3,(H,12,13). The third-order valence-corrected chi connectivity index (χ3v) is 4.07. The van der Waals surface area contributed by atoms with Crippen molar-refractivity contribution in [2.45, 2.75) is 18.4 Å². The topological polar surface area (TPSA) is 118 Å². The minimum atomic E-state index is -3.82. The number of nitrogens with zero attached hydrogens (tertiary/aromatic N) is 2. The number of nitro groups is 1. The normalized spacial score (nSPS) is 11.4. The van der Waals surface area contributed by atoms with E-state index in [1.54, 1.807) is 13.1 Å². The molecule has 8 nitrogen and oxygen atoms in total. The monoisotopic (exact) mass is 296 g/mol. The molecule has 0 saturated carbocycles. The summed E-state index contributed by atoms with van der Waals surface area (Å²) in [5.74, 6) is 0.454. The maximum atomic E-state index is 12.0. The van der Waals surface area contributed by atoms with Crippen LogP contribution in [0.1, 0.15) is 11.4 Å². The third-order valence-electron chi connectivity index (χ3n) is 2.67. The van der Waals surface area contributed by atoms with Crippen LogP contribution in [-0.2, 0) is 16.6 Å². The van der Waals surface area contributed by atoms with Gasteiger partial charge in [0.2, 0.25) is 10.0 Å². The summed E-state index contributed by atoms with van der Waals surface area (Å²) >= 11 is 0. The summed E-state index contributed by atoms with van der Waals surface area (Å²) in [4.78, 5) is 16.7. The lowest BCUT2D eigenvalue weighted by Crippen LogP contribution is -2.24. The van der Waals surface area contributed by atoms with Gasteiger partial charge in [-0.1, -0.05) is 6.07 Å². The molecule has 1 aromatic heterocycles. The molecule has 2 aromatic rings. The van der Waals surface area contributed by atoms with Crippen LogP contribution in [0.15, 0.2) is 35.5 Å². The molecule has 0 aliphatic rings. The third kappa shape index (κ3) is 3.00. The molecule has 0 radical (unpaired) electrons. The van der Waals surface area contributed by atoms with Crippen molar-refractivity contribution in [1.82, 2.24) is 14.7 Å². The predicted octanol–water partition coefficient (Wildman–Crippen LogP) is 1.10. The fourth-order valence-corrected chi connectivity index (χ4v) is 2.60. The van der Waals surface area contributed by atoms with Crippen LogP contribution in [-0.4, -0.2) is 23.3 Å². The predicted molar refractivity (Wildman–Crippen MR) is 70.4 cm³/mol. The second-order valence-corrected chi connectivity index (χ2v) is 5.83. The number of hydrogen-bond acceptors (Lipinski definition) is 5. The zero-order chi connectivity index (χ0) is 14.8. The Labute approximate surface area is 115 Å². The molecule has 0 aliphatic heterocycles. The first kappa shape index (κ1) is 14.2. The average Bonchev–Trinajstić information content (AvgIpc) is 2.89. The molecule has 106 valence electrons. The van der Waals surface area contributed by atoms with Gasteiger partial charge in [-0.05, 0) is 13.0 Å². The number of nitro benzene ring substituents is 1. The number of aryl methyl sites for hydroxylation is 1. The highest BCUT2D eigenvalue weighted by Crippen LogP contribution is 2.22. The van der Waals surface area contributed by atoms with E-state index in [-0.39, 0.29) is 17.1 Å². The van der Waals surface area contributed by atoms with Gasteiger partial charge >= 0.3 is 0 Å². The molecule has 0 spiro atoms.